The average molecular weight is 778 g/mol. The summed E-state index contributed by atoms with van der Waals surface area (Å²) >= 11 is 4.66. The first kappa shape index (κ1) is 34.8. The first-order valence-electron chi connectivity index (χ1n) is 15.3. The Morgan fingerprint density at radius 1 is 1.04 bits per heavy atom. The summed E-state index contributed by atoms with van der Waals surface area (Å²) in [4.78, 5) is 26.1. The number of aromatic nitrogens is 4. The lowest BCUT2D eigenvalue weighted by Crippen LogP contribution is -2.50. The molecule has 256 valence electrons. The highest BCUT2D eigenvalue weighted by atomic mass is 79.9. The second-order valence-electron chi connectivity index (χ2n) is 10.9. The van der Waals surface area contributed by atoms with Crippen LogP contribution in [0.3, 0.4) is 0 Å². The van der Waals surface area contributed by atoms with E-state index in [9.17, 15) is 23.7 Å². The maximum absolute atomic E-state index is 13.2. The van der Waals surface area contributed by atoms with Gasteiger partial charge in [0.1, 0.15) is 18.2 Å². The largest absolute Gasteiger partial charge is 0.453 e. The maximum Gasteiger partial charge on any atom is 0.415 e. The van der Waals surface area contributed by atoms with Crippen molar-refractivity contribution in [2.24, 2.45) is 0 Å². The molecule has 14 nitrogen and oxygen atoms in total. The van der Waals surface area contributed by atoms with Gasteiger partial charge in [-0.1, -0.05) is 82.3 Å². The van der Waals surface area contributed by atoms with Crippen LogP contribution in [0.2, 0.25) is 0 Å². The predicted octanol–water partition coefficient (Wildman–Crippen LogP) is 4.29. The number of rotatable bonds is 12. The van der Waals surface area contributed by atoms with Gasteiger partial charge in [0, 0.05) is 48.4 Å². The second-order valence-corrected chi connectivity index (χ2v) is 14.6. The van der Waals surface area contributed by atoms with Gasteiger partial charge in [-0.2, -0.15) is 5.26 Å². The number of piperazine rings is 1. The molecule has 0 spiro atoms. The number of sulfone groups is 1. The van der Waals surface area contributed by atoms with Crippen molar-refractivity contribution in [2.45, 2.75) is 15.1 Å². The summed E-state index contributed by atoms with van der Waals surface area (Å²) in [6.45, 7) is 2.50. The first-order chi connectivity index (χ1) is 24.2. The lowest BCUT2D eigenvalue weighted by molar-refractivity contribution is -0.832. The van der Waals surface area contributed by atoms with Gasteiger partial charge in [0.15, 0.2) is 11.0 Å². The molecule has 1 saturated heterocycles. The zero-order valence-corrected chi connectivity index (χ0v) is 29.5. The molecule has 1 aliphatic rings. The highest BCUT2D eigenvalue weighted by Gasteiger charge is 2.36. The number of hydrogen-bond donors (Lipinski definition) is 1. The molecule has 1 fully saturated rings. The molecule has 2 aromatic heterocycles. The number of thioether (sulfide) groups is 1. The van der Waals surface area contributed by atoms with Crippen molar-refractivity contribution in [1.82, 2.24) is 24.9 Å². The number of nitrogens with one attached hydrogen (secondary N) is 1. The van der Waals surface area contributed by atoms with Gasteiger partial charge in [-0.05, 0) is 35.2 Å². The van der Waals surface area contributed by atoms with Crippen molar-refractivity contribution in [3.8, 4) is 23.2 Å². The van der Waals surface area contributed by atoms with E-state index in [1.165, 1.54) is 23.9 Å². The summed E-state index contributed by atoms with van der Waals surface area (Å²) in [5.74, 6) is -0.0598. The highest BCUT2D eigenvalue weighted by molar-refractivity contribution is 9.10. The van der Waals surface area contributed by atoms with Crippen molar-refractivity contribution in [2.75, 3.05) is 50.4 Å². The molecule has 0 saturated carbocycles. The summed E-state index contributed by atoms with van der Waals surface area (Å²) in [6.07, 6.45) is 0. The van der Waals surface area contributed by atoms with E-state index in [1.807, 2.05) is 54.6 Å². The minimum Gasteiger partial charge on any atom is -0.453 e. The number of halogens is 1. The molecule has 0 atom stereocenters. The normalized spacial score (nSPS) is 13.5. The minimum absolute atomic E-state index is 0.0454. The Morgan fingerprint density at radius 3 is 2.46 bits per heavy atom. The molecule has 1 N–H and O–H groups in total. The summed E-state index contributed by atoms with van der Waals surface area (Å²) in [5.41, 5.74) is 2.24. The zero-order chi connectivity index (χ0) is 35.1. The molecular formula is C33H29BrN8O6S2. The quantitative estimate of drug-likeness (QED) is 0.108. The average Bonchev–Trinajstić information content (AvgIpc) is 3.52. The Morgan fingerprint density at radius 2 is 1.76 bits per heavy atom. The molecule has 0 radical (unpaired) electrons. The van der Waals surface area contributed by atoms with Crippen molar-refractivity contribution in [1.29, 1.82) is 5.26 Å². The molecule has 0 unspecified atom stereocenters. The first-order valence-corrected chi connectivity index (χ1v) is 18.5. The molecule has 6 rings (SSSR count). The van der Waals surface area contributed by atoms with Crippen LogP contribution in [-0.2, 0) is 14.6 Å². The molecule has 1 aliphatic heterocycles. The monoisotopic (exact) mass is 776 g/mol. The molecular weight excluding hydrogens is 748 g/mol. The maximum atomic E-state index is 13.2. The zero-order valence-electron chi connectivity index (χ0n) is 26.3. The lowest BCUT2D eigenvalue weighted by atomic mass is 10.1. The van der Waals surface area contributed by atoms with Gasteiger partial charge in [0.05, 0.1) is 21.5 Å². The summed E-state index contributed by atoms with van der Waals surface area (Å²) in [5, 5.41) is 28.6. The van der Waals surface area contributed by atoms with E-state index in [1.54, 1.807) is 23.1 Å². The van der Waals surface area contributed by atoms with Crippen LogP contribution in [0.1, 0.15) is 5.56 Å². The minimum atomic E-state index is -4.21. The third-order valence-corrected chi connectivity index (χ3v) is 10.7. The van der Waals surface area contributed by atoms with Gasteiger partial charge in [0.2, 0.25) is 5.91 Å². The molecule has 0 bridgehead atoms. The van der Waals surface area contributed by atoms with Crippen LogP contribution < -0.4 is 15.0 Å². The van der Waals surface area contributed by atoms with Crippen LogP contribution in [0.4, 0.5) is 11.5 Å². The van der Waals surface area contributed by atoms with Gasteiger partial charge in [-0.25, -0.2) is 18.4 Å². The van der Waals surface area contributed by atoms with Gasteiger partial charge in [0.25, 0.3) is 9.84 Å². The Kier molecular flexibility index (Phi) is 10.9. The number of carbonyl (C=O) groups is 1. The lowest BCUT2D eigenvalue weighted by Gasteiger charge is -2.34. The van der Waals surface area contributed by atoms with Crippen LogP contribution in [0, 0.1) is 16.5 Å². The van der Waals surface area contributed by atoms with E-state index >= 15 is 0 Å². The van der Waals surface area contributed by atoms with Gasteiger partial charge >= 0.3 is 10.9 Å². The molecule has 3 aromatic carbocycles. The van der Waals surface area contributed by atoms with Crippen LogP contribution in [0.15, 0.2) is 109 Å². The Balaban J connectivity index is 1.05. The number of hydrogen-bond acceptors (Lipinski definition) is 13. The number of anilines is 2. The number of benzene rings is 3. The van der Waals surface area contributed by atoms with Crippen LogP contribution in [0.25, 0.3) is 11.3 Å². The molecule has 0 aliphatic carbocycles. The highest BCUT2D eigenvalue weighted by Crippen LogP contribution is 2.31. The van der Waals surface area contributed by atoms with Crippen molar-refractivity contribution >= 4 is 54.9 Å². The number of nitrogens with zero attached hydrogens (tertiary/aromatic N) is 7. The fourth-order valence-corrected chi connectivity index (χ4v) is 7.60. The number of nitriles is 1. The van der Waals surface area contributed by atoms with Crippen molar-refractivity contribution in [3.63, 3.8) is 0 Å². The summed E-state index contributed by atoms with van der Waals surface area (Å²) in [7, 11) is -4.21. The predicted molar refractivity (Wildman–Crippen MR) is 186 cm³/mol. The fourth-order valence-electron chi connectivity index (χ4n) is 5.16. The van der Waals surface area contributed by atoms with Gasteiger partial charge in [-0.15, -0.1) is 0 Å². The topological polar surface area (TPSA) is 181 Å². The van der Waals surface area contributed by atoms with Gasteiger partial charge in [-0.3, -0.25) is 14.3 Å². The molecule has 50 heavy (non-hydrogen) atoms. The molecule has 17 heteroatoms. The van der Waals surface area contributed by atoms with Crippen molar-refractivity contribution in [3.05, 3.63) is 100 Å². The molecule has 3 heterocycles. The third kappa shape index (κ3) is 8.05. The van der Waals surface area contributed by atoms with E-state index in [4.69, 9.17) is 4.74 Å². The standard InChI is InChI=1S/C33H29BrN8O6S2/c34-24-10-7-11-25(20-24)36-30-27(21-35)29(23-8-3-1-4-9-23)37-33(38-30)49-22-28(43)41-16-14-40(15-17-41)18-19-47-31-32(42(44)48-39-31)50(45,46)26-12-5-2-6-13-26/h1-13,20H,14-19,22H2,(H,36,37,38). The summed E-state index contributed by atoms with van der Waals surface area (Å²) < 4.78 is 36.9. The van der Waals surface area contributed by atoms with E-state index in [0.29, 0.717) is 49.4 Å². The Bertz CT molecular complexity index is 2120. The Hall–Kier alpha value is -5.02. The number of carbonyl (C=O) groups excluding carboxylic acids is 1. The van der Waals surface area contributed by atoms with Crippen molar-refractivity contribution < 1.29 is 27.5 Å². The SMILES string of the molecule is N#Cc1c(Nc2cccc(Br)c2)nc(SCC(=O)N2CCN(CCOc3no[n+]([O-])c3S(=O)(=O)c3ccccc3)CC2)nc1-c1ccccc1. The third-order valence-electron chi connectivity index (χ3n) is 7.69. The van der Waals surface area contributed by atoms with Crippen LogP contribution >= 0.6 is 27.7 Å². The van der Waals surface area contributed by atoms with Crippen LogP contribution in [-0.4, -0.2) is 84.3 Å². The van der Waals surface area contributed by atoms with E-state index in [2.05, 4.69) is 52.0 Å². The van der Waals surface area contributed by atoms with Crippen LogP contribution in [0.5, 0.6) is 5.88 Å². The number of ether oxygens (including phenoxy) is 1. The van der Waals surface area contributed by atoms with Gasteiger partial charge < -0.3 is 20.2 Å². The van der Waals surface area contributed by atoms with E-state index in [0.717, 1.165) is 15.7 Å². The number of amides is 1. The smallest absolute Gasteiger partial charge is 0.415 e. The molecule has 1 amide bonds. The van der Waals surface area contributed by atoms with E-state index in [-0.39, 0.29) is 33.6 Å². The Labute approximate surface area is 300 Å². The fraction of sp³-hybridized carbons (Fsp3) is 0.212. The second kappa shape index (κ2) is 15.7. The van der Waals surface area contributed by atoms with E-state index < -0.39 is 20.7 Å². The summed E-state index contributed by atoms with van der Waals surface area (Å²) in [6, 6.07) is 26.6. The molecule has 5 aromatic rings.